The van der Waals surface area contributed by atoms with Crippen molar-refractivity contribution in [1.29, 1.82) is 0 Å². The number of carbonyl (C=O) groups is 1. The fourth-order valence-electron chi connectivity index (χ4n) is 1.70. The molecule has 0 atom stereocenters. The van der Waals surface area contributed by atoms with E-state index >= 15 is 0 Å². The van der Waals surface area contributed by atoms with E-state index in [0.717, 1.165) is 24.1 Å². The van der Waals surface area contributed by atoms with Gasteiger partial charge in [-0.1, -0.05) is 5.57 Å². The number of hydrogen-bond donors (Lipinski definition) is 1. The first-order valence-electron chi connectivity index (χ1n) is 6.19. The molecule has 0 spiro atoms. The van der Waals surface area contributed by atoms with Crippen LogP contribution in [0.2, 0.25) is 0 Å². The van der Waals surface area contributed by atoms with Crippen LogP contribution in [-0.2, 0) is 4.79 Å². The van der Waals surface area contributed by atoms with Crippen LogP contribution in [0, 0.1) is 0 Å². The van der Waals surface area contributed by atoms with E-state index in [1.54, 1.807) is 12.3 Å². The zero-order chi connectivity index (χ0) is 13.9. The number of nitrogens with zero attached hydrogens (tertiary/aromatic N) is 2. The van der Waals surface area contributed by atoms with Crippen molar-refractivity contribution in [1.82, 2.24) is 4.90 Å². The molecule has 0 radical (unpaired) electrons. The summed E-state index contributed by atoms with van der Waals surface area (Å²) in [5.41, 5.74) is 7.90. The molecule has 4 nitrogen and oxygen atoms in total. The third-order valence-electron chi connectivity index (χ3n) is 3.20. The van der Waals surface area contributed by atoms with Crippen molar-refractivity contribution in [3.8, 4) is 0 Å². The van der Waals surface area contributed by atoms with Gasteiger partial charge < -0.3 is 10.6 Å². The molecule has 2 N–H and O–H groups in total. The molecule has 0 saturated carbocycles. The van der Waals surface area contributed by atoms with Crippen molar-refractivity contribution in [3.05, 3.63) is 23.5 Å². The zero-order valence-corrected chi connectivity index (χ0v) is 11.9. The van der Waals surface area contributed by atoms with Crippen molar-refractivity contribution in [3.63, 3.8) is 0 Å². The van der Waals surface area contributed by atoms with Gasteiger partial charge in [-0.15, -0.1) is 0 Å². The minimum Gasteiger partial charge on any atom is -0.372 e. The van der Waals surface area contributed by atoms with Gasteiger partial charge in [-0.2, -0.15) is 0 Å². The van der Waals surface area contributed by atoms with Crippen molar-refractivity contribution in [2.75, 3.05) is 7.05 Å². The molecule has 1 heterocycles. The molecule has 1 aliphatic rings. The Kier molecular flexibility index (Phi) is 4.33. The maximum absolute atomic E-state index is 11.2. The van der Waals surface area contributed by atoms with E-state index in [4.69, 9.17) is 5.73 Å². The molecule has 0 aromatic carbocycles. The summed E-state index contributed by atoms with van der Waals surface area (Å²) in [4.78, 5) is 17.6. The Morgan fingerprint density at radius 3 is 2.50 bits per heavy atom. The Bertz CT molecular complexity index is 425. The van der Waals surface area contributed by atoms with E-state index in [2.05, 4.69) is 30.7 Å². The number of primary amides is 1. The monoisotopic (exact) mass is 249 g/mol. The van der Waals surface area contributed by atoms with Crippen LogP contribution in [0.3, 0.4) is 0 Å². The highest BCUT2D eigenvalue weighted by molar-refractivity contribution is 6.43. The number of rotatable bonds is 2. The summed E-state index contributed by atoms with van der Waals surface area (Å²) in [6, 6.07) is 0. The van der Waals surface area contributed by atoms with Gasteiger partial charge in [0.1, 0.15) is 5.71 Å². The lowest BCUT2D eigenvalue weighted by Crippen LogP contribution is -2.37. The predicted octanol–water partition coefficient (Wildman–Crippen LogP) is 2.22. The summed E-state index contributed by atoms with van der Waals surface area (Å²) in [6.45, 7) is 8.44. The second-order valence-electron chi connectivity index (χ2n) is 5.72. The van der Waals surface area contributed by atoms with Gasteiger partial charge in [0.2, 0.25) is 0 Å². The van der Waals surface area contributed by atoms with E-state index < -0.39 is 5.91 Å². The van der Waals surface area contributed by atoms with Crippen LogP contribution in [-0.4, -0.2) is 29.1 Å². The highest BCUT2D eigenvalue weighted by Gasteiger charge is 2.20. The maximum Gasteiger partial charge on any atom is 0.267 e. The molecule has 1 rings (SSSR count). The lowest BCUT2D eigenvalue weighted by molar-refractivity contribution is -0.111. The van der Waals surface area contributed by atoms with Crippen LogP contribution < -0.4 is 5.73 Å². The SMILES string of the molecule is C\C1=C/C(C(N)=O)=N\C=C(\N(C)C(C)(C)C)CC1. The Morgan fingerprint density at radius 2 is 2.00 bits per heavy atom. The standard InChI is InChI=1S/C14H23N3O/c1-10-6-7-11(17(5)14(2,3)4)9-16-12(8-10)13(15)18/h8-9H,6-7H2,1-5H3,(H2,15,18)/b10-8+,11-9+,16-12+. The molecule has 0 aromatic heterocycles. The summed E-state index contributed by atoms with van der Waals surface area (Å²) >= 11 is 0. The van der Waals surface area contributed by atoms with Gasteiger partial charge in [0.25, 0.3) is 5.91 Å². The first-order valence-corrected chi connectivity index (χ1v) is 6.19. The fourth-order valence-corrected chi connectivity index (χ4v) is 1.70. The summed E-state index contributed by atoms with van der Waals surface area (Å²) in [6.07, 6.45) is 5.37. The van der Waals surface area contributed by atoms with E-state index in [0.29, 0.717) is 5.71 Å². The Labute approximate surface area is 109 Å². The minimum atomic E-state index is -0.481. The quantitative estimate of drug-likeness (QED) is 0.815. The normalized spacial score (nSPS) is 25.7. The van der Waals surface area contributed by atoms with E-state index in [9.17, 15) is 4.79 Å². The average Bonchev–Trinajstić information content (AvgIpc) is 2.21. The molecule has 0 aliphatic carbocycles. The topological polar surface area (TPSA) is 58.7 Å². The predicted molar refractivity (Wildman–Crippen MR) is 75.2 cm³/mol. The van der Waals surface area contributed by atoms with Gasteiger partial charge in [-0.25, -0.2) is 4.99 Å². The highest BCUT2D eigenvalue weighted by atomic mass is 16.1. The smallest absolute Gasteiger partial charge is 0.267 e. The second-order valence-corrected chi connectivity index (χ2v) is 5.72. The van der Waals surface area contributed by atoms with Gasteiger partial charge in [0.15, 0.2) is 0 Å². The van der Waals surface area contributed by atoms with Crippen LogP contribution in [0.15, 0.2) is 28.5 Å². The molecule has 0 unspecified atom stereocenters. The number of allylic oxidation sites excluding steroid dienone is 2. The highest BCUT2D eigenvalue weighted by Crippen LogP contribution is 2.23. The summed E-state index contributed by atoms with van der Waals surface area (Å²) in [7, 11) is 2.05. The molecule has 18 heavy (non-hydrogen) atoms. The first-order chi connectivity index (χ1) is 8.21. The number of nitrogens with two attached hydrogens (primary N) is 1. The third kappa shape index (κ3) is 3.72. The molecule has 1 aliphatic heterocycles. The summed E-state index contributed by atoms with van der Waals surface area (Å²) < 4.78 is 0. The Balaban J connectivity index is 3.07. The Morgan fingerprint density at radius 1 is 1.39 bits per heavy atom. The fraction of sp³-hybridized carbons (Fsp3) is 0.571. The van der Waals surface area contributed by atoms with Crippen LogP contribution in [0.5, 0.6) is 0 Å². The second kappa shape index (κ2) is 5.38. The van der Waals surface area contributed by atoms with Gasteiger partial charge in [-0.3, -0.25) is 4.79 Å². The number of carbonyl (C=O) groups excluding carboxylic acids is 1. The third-order valence-corrected chi connectivity index (χ3v) is 3.20. The molecule has 0 bridgehead atoms. The number of hydrogen-bond acceptors (Lipinski definition) is 3. The van der Waals surface area contributed by atoms with Crippen LogP contribution in [0.25, 0.3) is 0 Å². The lowest BCUT2D eigenvalue weighted by Gasteiger charge is -2.36. The van der Waals surface area contributed by atoms with Crippen LogP contribution in [0.4, 0.5) is 0 Å². The molecule has 100 valence electrons. The van der Waals surface area contributed by atoms with E-state index in [1.807, 2.05) is 14.0 Å². The van der Waals surface area contributed by atoms with Gasteiger partial charge in [-0.05, 0) is 46.6 Å². The largest absolute Gasteiger partial charge is 0.372 e. The molecule has 0 aromatic rings. The molecule has 1 amide bonds. The Hall–Kier alpha value is -1.58. The van der Waals surface area contributed by atoms with E-state index in [1.165, 1.54) is 0 Å². The minimum absolute atomic E-state index is 0.0328. The molecular weight excluding hydrogens is 226 g/mol. The van der Waals surface area contributed by atoms with Crippen molar-refractivity contribution in [2.24, 2.45) is 10.7 Å². The first kappa shape index (κ1) is 14.5. The number of amides is 1. The lowest BCUT2D eigenvalue weighted by atomic mass is 10.0. The van der Waals surface area contributed by atoms with Gasteiger partial charge in [0, 0.05) is 24.5 Å². The molecule has 4 heteroatoms. The van der Waals surface area contributed by atoms with Gasteiger partial charge >= 0.3 is 0 Å². The van der Waals surface area contributed by atoms with Gasteiger partial charge in [0.05, 0.1) is 0 Å². The van der Waals surface area contributed by atoms with Crippen molar-refractivity contribution >= 4 is 11.6 Å². The average molecular weight is 249 g/mol. The van der Waals surface area contributed by atoms with Crippen molar-refractivity contribution in [2.45, 2.75) is 46.1 Å². The molecular formula is C14H23N3O. The molecule has 0 saturated heterocycles. The van der Waals surface area contributed by atoms with Crippen molar-refractivity contribution < 1.29 is 4.79 Å². The number of aliphatic imine (C=N–C) groups is 1. The zero-order valence-electron chi connectivity index (χ0n) is 11.9. The summed E-state index contributed by atoms with van der Waals surface area (Å²) in [5, 5.41) is 0. The van der Waals surface area contributed by atoms with Crippen LogP contribution in [0.1, 0.15) is 40.5 Å². The summed E-state index contributed by atoms with van der Waals surface area (Å²) in [5.74, 6) is -0.481. The molecule has 0 fully saturated rings. The maximum atomic E-state index is 11.2. The van der Waals surface area contributed by atoms with Crippen LogP contribution >= 0.6 is 0 Å². The van der Waals surface area contributed by atoms with E-state index in [-0.39, 0.29) is 5.54 Å².